The lowest BCUT2D eigenvalue weighted by Crippen LogP contribution is -2.38. The third-order valence-corrected chi connectivity index (χ3v) is 4.21. The van der Waals surface area contributed by atoms with Crippen molar-refractivity contribution in [3.63, 3.8) is 0 Å². The fourth-order valence-electron chi connectivity index (χ4n) is 2.83. The first-order valence-electron chi connectivity index (χ1n) is 6.51. The minimum atomic E-state index is -0.0593. The van der Waals surface area contributed by atoms with E-state index < -0.39 is 0 Å². The van der Waals surface area contributed by atoms with Gasteiger partial charge in [0.05, 0.1) is 18.6 Å². The van der Waals surface area contributed by atoms with Crippen LogP contribution in [-0.2, 0) is 12.0 Å². The van der Waals surface area contributed by atoms with Crippen LogP contribution in [0.2, 0.25) is 5.02 Å². The zero-order valence-corrected chi connectivity index (χ0v) is 11.3. The lowest BCUT2D eigenvalue weighted by Gasteiger charge is -2.41. The molecule has 1 aliphatic carbocycles. The second-order valence-corrected chi connectivity index (χ2v) is 5.41. The molecule has 19 heavy (non-hydrogen) atoms. The maximum atomic E-state index is 9.12. The Bertz CT molecular complexity index is 560. The molecule has 100 valence electrons. The number of halogens is 1. The van der Waals surface area contributed by atoms with Crippen LogP contribution in [-0.4, -0.2) is 26.5 Å². The maximum absolute atomic E-state index is 9.12. The van der Waals surface area contributed by atoms with Gasteiger partial charge in [0.15, 0.2) is 0 Å². The standard InChI is InChI=1S/C14H16ClN3O/c15-12-4-2-11(3-5-12)14(6-1-7-14)13-16-10-17-18(13)8-9-19/h2-5,10,19H,1,6-9H2. The van der Waals surface area contributed by atoms with Gasteiger partial charge in [-0.1, -0.05) is 30.2 Å². The monoisotopic (exact) mass is 277 g/mol. The van der Waals surface area contributed by atoms with Gasteiger partial charge in [0.2, 0.25) is 0 Å². The van der Waals surface area contributed by atoms with E-state index >= 15 is 0 Å². The number of aliphatic hydroxyl groups is 1. The van der Waals surface area contributed by atoms with Gasteiger partial charge in [-0.05, 0) is 30.5 Å². The smallest absolute Gasteiger partial charge is 0.138 e. The molecule has 5 heteroatoms. The summed E-state index contributed by atoms with van der Waals surface area (Å²) in [5.74, 6) is 0.954. The molecule has 0 bridgehead atoms. The number of hydrogen-bond donors (Lipinski definition) is 1. The van der Waals surface area contributed by atoms with Gasteiger partial charge in [-0.3, -0.25) is 0 Å². The molecule has 0 aliphatic heterocycles. The minimum Gasteiger partial charge on any atom is -0.394 e. The molecule has 0 spiro atoms. The summed E-state index contributed by atoms with van der Waals surface area (Å²) in [6.45, 7) is 0.567. The van der Waals surface area contributed by atoms with Crippen molar-refractivity contribution in [3.8, 4) is 0 Å². The first-order chi connectivity index (χ1) is 9.26. The van der Waals surface area contributed by atoms with Crippen molar-refractivity contribution in [2.45, 2.75) is 31.2 Å². The van der Waals surface area contributed by atoms with Crippen LogP contribution >= 0.6 is 11.6 Å². The Balaban J connectivity index is 2.03. The third-order valence-electron chi connectivity index (χ3n) is 3.96. The van der Waals surface area contributed by atoms with Crippen molar-refractivity contribution < 1.29 is 5.11 Å². The Labute approximate surface area is 117 Å². The molecule has 1 heterocycles. The summed E-state index contributed by atoms with van der Waals surface area (Å²) in [4.78, 5) is 4.44. The Morgan fingerprint density at radius 2 is 2.00 bits per heavy atom. The fourth-order valence-corrected chi connectivity index (χ4v) is 2.96. The van der Waals surface area contributed by atoms with Crippen molar-refractivity contribution in [2.75, 3.05) is 6.61 Å². The molecule has 1 aliphatic rings. The molecular formula is C14H16ClN3O. The average Bonchev–Trinajstić information content (AvgIpc) is 2.80. The molecule has 1 N–H and O–H groups in total. The SMILES string of the molecule is OCCn1ncnc1C1(c2ccc(Cl)cc2)CCC1. The first kappa shape index (κ1) is 12.6. The van der Waals surface area contributed by atoms with Gasteiger partial charge in [-0.25, -0.2) is 9.67 Å². The molecule has 1 aromatic heterocycles. The second-order valence-electron chi connectivity index (χ2n) is 4.97. The summed E-state index contributed by atoms with van der Waals surface area (Å²) in [6.07, 6.45) is 4.90. The Morgan fingerprint density at radius 1 is 1.26 bits per heavy atom. The normalized spacial score (nSPS) is 17.2. The van der Waals surface area contributed by atoms with Crippen molar-refractivity contribution in [1.82, 2.24) is 14.8 Å². The van der Waals surface area contributed by atoms with Crippen LogP contribution < -0.4 is 0 Å². The zero-order valence-electron chi connectivity index (χ0n) is 10.6. The van der Waals surface area contributed by atoms with E-state index in [0.29, 0.717) is 6.54 Å². The second kappa shape index (κ2) is 4.94. The van der Waals surface area contributed by atoms with Gasteiger partial charge in [0, 0.05) is 5.02 Å². The quantitative estimate of drug-likeness (QED) is 0.934. The number of rotatable bonds is 4. The number of hydrogen-bond acceptors (Lipinski definition) is 3. The molecule has 1 fully saturated rings. The van der Waals surface area contributed by atoms with Crippen LogP contribution in [0.15, 0.2) is 30.6 Å². The van der Waals surface area contributed by atoms with Crippen LogP contribution in [0.3, 0.4) is 0 Å². The molecule has 3 rings (SSSR count). The van der Waals surface area contributed by atoms with Crippen LogP contribution in [0.4, 0.5) is 0 Å². The average molecular weight is 278 g/mol. The van der Waals surface area contributed by atoms with Gasteiger partial charge in [0.25, 0.3) is 0 Å². The van der Waals surface area contributed by atoms with E-state index in [0.717, 1.165) is 23.7 Å². The maximum Gasteiger partial charge on any atom is 0.138 e. The molecule has 0 unspecified atom stereocenters. The van der Waals surface area contributed by atoms with Crippen molar-refractivity contribution in [3.05, 3.63) is 47.0 Å². The molecule has 1 saturated carbocycles. The highest BCUT2D eigenvalue weighted by molar-refractivity contribution is 6.30. The third kappa shape index (κ3) is 2.05. The highest BCUT2D eigenvalue weighted by atomic mass is 35.5. The Morgan fingerprint density at radius 3 is 2.58 bits per heavy atom. The van der Waals surface area contributed by atoms with Gasteiger partial charge in [-0.15, -0.1) is 0 Å². The van der Waals surface area contributed by atoms with Gasteiger partial charge >= 0.3 is 0 Å². The zero-order chi connectivity index (χ0) is 13.3. The first-order valence-corrected chi connectivity index (χ1v) is 6.89. The molecule has 2 aromatic rings. The summed E-state index contributed by atoms with van der Waals surface area (Å²) in [5.41, 5.74) is 1.17. The predicted molar refractivity (Wildman–Crippen MR) is 73.2 cm³/mol. The summed E-state index contributed by atoms with van der Waals surface area (Å²) < 4.78 is 1.81. The molecule has 0 radical (unpaired) electrons. The van der Waals surface area contributed by atoms with E-state index in [-0.39, 0.29) is 12.0 Å². The summed E-state index contributed by atoms with van der Waals surface area (Å²) in [7, 11) is 0. The van der Waals surface area contributed by atoms with Crippen LogP contribution in [0.25, 0.3) is 0 Å². The molecule has 0 amide bonds. The molecular weight excluding hydrogens is 262 g/mol. The van der Waals surface area contributed by atoms with Crippen molar-refractivity contribution in [1.29, 1.82) is 0 Å². The van der Waals surface area contributed by atoms with Crippen LogP contribution in [0.1, 0.15) is 30.7 Å². The topological polar surface area (TPSA) is 50.9 Å². The fraction of sp³-hybridized carbons (Fsp3) is 0.429. The van der Waals surface area contributed by atoms with E-state index in [1.54, 1.807) is 6.33 Å². The highest BCUT2D eigenvalue weighted by Crippen LogP contribution is 2.48. The van der Waals surface area contributed by atoms with E-state index in [1.165, 1.54) is 12.0 Å². The van der Waals surface area contributed by atoms with E-state index in [4.69, 9.17) is 16.7 Å². The minimum absolute atomic E-state index is 0.0593. The van der Waals surface area contributed by atoms with Gasteiger partial charge in [-0.2, -0.15) is 5.10 Å². The summed E-state index contributed by atoms with van der Waals surface area (Å²) in [6, 6.07) is 7.98. The lowest BCUT2D eigenvalue weighted by molar-refractivity contribution is 0.239. The molecule has 1 aromatic carbocycles. The van der Waals surface area contributed by atoms with Crippen LogP contribution in [0.5, 0.6) is 0 Å². The van der Waals surface area contributed by atoms with E-state index in [1.807, 2.05) is 16.8 Å². The highest BCUT2D eigenvalue weighted by Gasteiger charge is 2.44. The number of aliphatic hydroxyl groups excluding tert-OH is 1. The van der Waals surface area contributed by atoms with Gasteiger partial charge in [0.1, 0.15) is 12.2 Å². The molecule has 0 saturated heterocycles. The molecule has 0 atom stereocenters. The Kier molecular flexibility index (Phi) is 3.29. The van der Waals surface area contributed by atoms with Crippen molar-refractivity contribution in [2.24, 2.45) is 0 Å². The number of benzene rings is 1. The van der Waals surface area contributed by atoms with Crippen LogP contribution in [0, 0.1) is 0 Å². The summed E-state index contributed by atoms with van der Waals surface area (Å²) >= 11 is 5.96. The number of nitrogens with zero attached hydrogens (tertiary/aromatic N) is 3. The van der Waals surface area contributed by atoms with E-state index in [2.05, 4.69) is 22.2 Å². The molecule has 4 nitrogen and oxygen atoms in total. The number of aromatic nitrogens is 3. The van der Waals surface area contributed by atoms with Crippen molar-refractivity contribution >= 4 is 11.6 Å². The Hall–Kier alpha value is -1.39. The summed E-state index contributed by atoms with van der Waals surface area (Å²) in [5, 5.41) is 14.1. The predicted octanol–water partition coefficient (Wildman–Crippen LogP) is 2.39. The largest absolute Gasteiger partial charge is 0.394 e. The van der Waals surface area contributed by atoms with E-state index in [9.17, 15) is 0 Å². The van der Waals surface area contributed by atoms with Gasteiger partial charge < -0.3 is 5.11 Å². The lowest BCUT2D eigenvalue weighted by atomic mass is 9.64.